The van der Waals surface area contributed by atoms with Gasteiger partial charge in [0, 0.05) is 17.3 Å². The van der Waals surface area contributed by atoms with Crippen LogP contribution in [0.15, 0.2) is 48.5 Å². The maximum atomic E-state index is 12.3. The Morgan fingerprint density at radius 3 is 2.35 bits per heavy atom. The standard InChI is InChI=1S/C22H26N2O2/c1-16-7-5-6-8-18(16)15-21(25)23-20-13-11-17(12-14-20)22(26)24-19-9-3-2-4-10-19/h5-8,11-14,19H,2-4,9-10,15H2,1H3,(H,23,25)(H,24,26). The normalized spacial score (nSPS) is 14.7. The predicted molar refractivity (Wildman–Crippen MR) is 104 cm³/mol. The molecule has 1 saturated carbocycles. The molecule has 0 heterocycles. The lowest BCUT2D eigenvalue weighted by atomic mass is 9.95. The van der Waals surface area contributed by atoms with Crippen molar-refractivity contribution < 1.29 is 9.59 Å². The number of rotatable bonds is 5. The monoisotopic (exact) mass is 350 g/mol. The Morgan fingerprint density at radius 1 is 0.962 bits per heavy atom. The molecule has 1 aliphatic rings. The first kappa shape index (κ1) is 18.2. The van der Waals surface area contributed by atoms with Crippen molar-refractivity contribution in [3.05, 3.63) is 65.2 Å². The average Bonchev–Trinajstić information content (AvgIpc) is 2.65. The smallest absolute Gasteiger partial charge is 0.251 e. The summed E-state index contributed by atoms with van der Waals surface area (Å²) in [4.78, 5) is 24.6. The number of aryl methyl sites for hydroxylation is 1. The second-order valence-corrected chi connectivity index (χ2v) is 7.04. The van der Waals surface area contributed by atoms with Gasteiger partial charge >= 0.3 is 0 Å². The Morgan fingerprint density at radius 2 is 1.65 bits per heavy atom. The first-order valence-corrected chi connectivity index (χ1v) is 9.37. The highest BCUT2D eigenvalue weighted by Crippen LogP contribution is 2.18. The maximum Gasteiger partial charge on any atom is 0.251 e. The molecule has 0 aromatic heterocycles. The van der Waals surface area contributed by atoms with Gasteiger partial charge in [-0.2, -0.15) is 0 Å². The Bertz CT molecular complexity index is 762. The number of carbonyl (C=O) groups excluding carboxylic acids is 2. The van der Waals surface area contributed by atoms with Crippen molar-refractivity contribution in [2.24, 2.45) is 0 Å². The van der Waals surface area contributed by atoms with Crippen LogP contribution in [0.1, 0.15) is 53.6 Å². The zero-order valence-corrected chi connectivity index (χ0v) is 15.3. The minimum atomic E-state index is -0.0568. The van der Waals surface area contributed by atoms with Crippen LogP contribution < -0.4 is 10.6 Å². The van der Waals surface area contributed by atoms with Crippen LogP contribution in [0.3, 0.4) is 0 Å². The molecule has 0 bridgehead atoms. The Kier molecular flexibility index (Phi) is 6.05. The summed E-state index contributed by atoms with van der Waals surface area (Å²) in [6.07, 6.45) is 6.13. The molecule has 136 valence electrons. The summed E-state index contributed by atoms with van der Waals surface area (Å²) >= 11 is 0. The number of nitrogens with one attached hydrogen (secondary N) is 2. The second kappa shape index (κ2) is 8.65. The SMILES string of the molecule is Cc1ccccc1CC(=O)Nc1ccc(C(=O)NC2CCCCC2)cc1. The molecular weight excluding hydrogens is 324 g/mol. The van der Waals surface area contributed by atoms with E-state index >= 15 is 0 Å². The molecule has 2 amide bonds. The van der Waals surface area contributed by atoms with Crippen LogP contribution in [0.25, 0.3) is 0 Å². The minimum absolute atomic E-state index is 0.0327. The van der Waals surface area contributed by atoms with Crippen LogP contribution in [0.2, 0.25) is 0 Å². The lowest BCUT2D eigenvalue weighted by Gasteiger charge is -2.22. The summed E-state index contributed by atoms with van der Waals surface area (Å²) < 4.78 is 0. The van der Waals surface area contributed by atoms with Gasteiger partial charge in [0.1, 0.15) is 0 Å². The topological polar surface area (TPSA) is 58.2 Å². The van der Waals surface area contributed by atoms with Gasteiger partial charge in [-0.3, -0.25) is 9.59 Å². The van der Waals surface area contributed by atoms with Crippen molar-refractivity contribution in [1.82, 2.24) is 5.32 Å². The van der Waals surface area contributed by atoms with Crippen LogP contribution in [-0.4, -0.2) is 17.9 Å². The van der Waals surface area contributed by atoms with Crippen LogP contribution in [0, 0.1) is 6.92 Å². The number of hydrogen-bond donors (Lipinski definition) is 2. The lowest BCUT2D eigenvalue weighted by molar-refractivity contribution is -0.115. The zero-order chi connectivity index (χ0) is 18.4. The van der Waals surface area contributed by atoms with Crippen molar-refractivity contribution >= 4 is 17.5 Å². The molecule has 4 nitrogen and oxygen atoms in total. The van der Waals surface area contributed by atoms with Gasteiger partial charge in [0.05, 0.1) is 6.42 Å². The van der Waals surface area contributed by atoms with Crippen molar-refractivity contribution in [2.75, 3.05) is 5.32 Å². The molecule has 26 heavy (non-hydrogen) atoms. The predicted octanol–water partition coefficient (Wildman–Crippen LogP) is 4.24. The molecule has 1 fully saturated rings. The molecule has 3 rings (SSSR count). The summed E-state index contributed by atoms with van der Waals surface area (Å²) in [5.74, 6) is -0.0894. The summed E-state index contributed by atoms with van der Waals surface area (Å²) in [7, 11) is 0. The molecule has 0 unspecified atom stereocenters. The highest BCUT2D eigenvalue weighted by molar-refractivity contribution is 5.96. The van der Waals surface area contributed by atoms with Crippen LogP contribution in [0.4, 0.5) is 5.69 Å². The van der Waals surface area contributed by atoms with E-state index in [9.17, 15) is 9.59 Å². The van der Waals surface area contributed by atoms with Crippen LogP contribution >= 0.6 is 0 Å². The fourth-order valence-electron chi connectivity index (χ4n) is 3.41. The minimum Gasteiger partial charge on any atom is -0.349 e. The van der Waals surface area contributed by atoms with Gasteiger partial charge < -0.3 is 10.6 Å². The van der Waals surface area contributed by atoms with E-state index in [2.05, 4.69) is 10.6 Å². The van der Waals surface area contributed by atoms with E-state index in [1.54, 1.807) is 24.3 Å². The van der Waals surface area contributed by atoms with Crippen molar-refractivity contribution in [3.8, 4) is 0 Å². The average molecular weight is 350 g/mol. The van der Waals surface area contributed by atoms with Crippen molar-refractivity contribution in [2.45, 2.75) is 51.5 Å². The molecule has 1 aliphatic carbocycles. The van der Waals surface area contributed by atoms with E-state index in [1.807, 2.05) is 31.2 Å². The largest absolute Gasteiger partial charge is 0.349 e. The Balaban J connectivity index is 1.54. The van der Waals surface area contributed by atoms with E-state index in [0.717, 1.165) is 24.0 Å². The number of carbonyl (C=O) groups is 2. The first-order valence-electron chi connectivity index (χ1n) is 9.37. The number of amides is 2. The number of anilines is 1. The molecular formula is C22H26N2O2. The molecule has 0 saturated heterocycles. The summed E-state index contributed by atoms with van der Waals surface area (Å²) in [6.45, 7) is 2.00. The van der Waals surface area contributed by atoms with Crippen molar-refractivity contribution in [3.63, 3.8) is 0 Å². The fourth-order valence-corrected chi connectivity index (χ4v) is 3.41. The third-order valence-electron chi connectivity index (χ3n) is 4.98. The highest BCUT2D eigenvalue weighted by atomic mass is 16.2. The highest BCUT2D eigenvalue weighted by Gasteiger charge is 2.16. The molecule has 0 spiro atoms. The van der Waals surface area contributed by atoms with E-state index in [4.69, 9.17) is 0 Å². The Labute approximate surface area is 155 Å². The second-order valence-electron chi connectivity index (χ2n) is 7.04. The summed E-state index contributed by atoms with van der Waals surface area (Å²) in [6, 6.07) is 15.3. The first-order chi connectivity index (χ1) is 12.6. The molecule has 2 N–H and O–H groups in total. The van der Waals surface area contributed by atoms with Gasteiger partial charge in [-0.25, -0.2) is 0 Å². The molecule has 2 aromatic carbocycles. The molecule has 0 radical (unpaired) electrons. The molecule has 0 atom stereocenters. The van der Waals surface area contributed by atoms with Crippen LogP contribution in [0.5, 0.6) is 0 Å². The van der Waals surface area contributed by atoms with Gasteiger partial charge in [-0.15, -0.1) is 0 Å². The molecule has 4 heteroatoms. The quantitative estimate of drug-likeness (QED) is 0.847. The van der Waals surface area contributed by atoms with E-state index in [0.29, 0.717) is 23.7 Å². The van der Waals surface area contributed by atoms with E-state index in [1.165, 1.54) is 19.3 Å². The Hall–Kier alpha value is -2.62. The fraction of sp³-hybridized carbons (Fsp3) is 0.364. The van der Waals surface area contributed by atoms with Crippen molar-refractivity contribution in [1.29, 1.82) is 0 Å². The summed E-state index contributed by atoms with van der Waals surface area (Å²) in [5.41, 5.74) is 3.47. The third kappa shape index (κ3) is 4.94. The van der Waals surface area contributed by atoms with Gasteiger partial charge in [0.2, 0.25) is 5.91 Å². The van der Waals surface area contributed by atoms with Gasteiger partial charge in [0.25, 0.3) is 5.91 Å². The van der Waals surface area contributed by atoms with Gasteiger partial charge in [0.15, 0.2) is 0 Å². The van der Waals surface area contributed by atoms with Gasteiger partial charge in [-0.05, 0) is 55.2 Å². The summed E-state index contributed by atoms with van der Waals surface area (Å²) in [5, 5.41) is 6.00. The van der Waals surface area contributed by atoms with E-state index in [-0.39, 0.29) is 11.8 Å². The molecule has 2 aromatic rings. The maximum absolute atomic E-state index is 12.3. The lowest BCUT2D eigenvalue weighted by Crippen LogP contribution is -2.36. The molecule has 0 aliphatic heterocycles. The number of hydrogen-bond acceptors (Lipinski definition) is 2. The van der Waals surface area contributed by atoms with Crippen LogP contribution in [-0.2, 0) is 11.2 Å². The zero-order valence-electron chi connectivity index (χ0n) is 15.3. The van der Waals surface area contributed by atoms with Gasteiger partial charge in [-0.1, -0.05) is 43.5 Å². The van der Waals surface area contributed by atoms with E-state index < -0.39 is 0 Å². The third-order valence-corrected chi connectivity index (χ3v) is 4.98. The number of benzene rings is 2.